The summed E-state index contributed by atoms with van der Waals surface area (Å²) in [5.41, 5.74) is 6.47. The molecule has 0 radical (unpaired) electrons. The van der Waals surface area contributed by atoms with Crippen LogP contribution >= 0.6 is 0 Å². The van der Waals surface area contributed by atoms with E-state index >= 15 is 0 Å². The molecule has 0 bridgehead atoms. The van der Waals surface area contributed by atoms with Crippen molar-refractivity contribution in [2.24, 2.45) is 0 Å². The molecular formula is C16H26N2O3. The number of esters is 1. The summed E-state index contributed by atoms with van der Waals surface area (Å²) in [7, 11) is 0. The van der Waals surface area contributed by atoms with Crippen molar-refractivity contribution in [2.45, 2.75) is 52.4 Å². The van der Waals surface area contributed by atoms with Crippen molar-refractivity contribution >= 4 is 11.7 Å². The van der Waals surface area contributed by atoms with Crippen LogP contribution in [0.5, 0.6) is 5.88 Å². The van der Waals surface area contributed by atoms with E-state index in [2.05, 4.69) is 11.9 Å². The van der Waals surface area contributed by atoms with Crippen LogP contribution in [-0.2, 0) is 4.74 Å². The highest BCUT2D eigenvalue weighted by molar-refractivity contribution is 5.96. The van der Waals surface area contributed by atoms with Crippen LogP contribution in [0.1, 0.15) is 62.7 Å². The molecule has 0 saturated heterocycles. The molecule has 21 heavy (non-hydrogen) atoms. The molecule has 1 heterocycles. The van der Waals surface area contributed by atoms with Gasteiger partial charge in [-0.05, 0) is 19.4 Å². The maximum atomic E-state index is 11.7. The second kappa shape index (κ2) is 10.0. The number of nitrogens with two attached hydrogens (primary N) is 1. The maximum Gasteiger partial charge on any atom is 0.340 e. The summed E-state index contributed by atoms with van der Waals surface area (Å²) in [6.07, 6.45) is 8.65. The van der Waals surface area contributed by atoms with E-state index < -0.39 is 5.97 Å². The van der Waals surface area contributed by atoms with Crippen molar-refractivity contribution in [3.63, 3.8) is 0 Å². The maximum absolute atomic E-state index is 11.7. The zero-order valence-electron chi connectivity index (χ0n) is 13.1. The summed E-state index contributed by atoms with van der Waals surface area (Å²) < 4.78 is 10.5. The topological polar surface area (TPSA) is 74.4 Å². The third-order valence-electron chi connectivity index (χ3n) is 3.19. The number of carbonyl (C=O) groups excluding carboxylic acids is 1. The first-order chi connectivity index (χ1) is 10.2. The second-order valence-electron chi connectivity index (χ2n) is 4.91. The van der Waals surface area contributed by atoms with Crippen molar-refractivity contribution in [2.75, 3.05) is 18.9 Å². The molecule has 0 saturated carbocycles. The van der Waals surface area contributed by atoms with Crippen molar-refractivity contribution in [1.82, 2.24) is 4.98 Å². The number of anilines is 1. The molecule has 1 aromatic heterocycles. The Balaban J connectivity index is 2.41. The molecule has 5 heteroatoms. The Morgan fingerprint density at radius 1 is 1.19 bits per heavy atom. The molecule has 0 atom stereocenters. The molecule has 0 aliphatic rings. The Labute approximate surface area is 126 Å². The molecule has 0 aliphatic carbocycles. The number of nitrogens with zero attached hydrogens (tertiary/aromatic N) is 1. The van der Waals surface area contributed by atoms with E-state index in [0.29, 0.717) is 24.7 Å². The Kier molecular flexibility index (Phi) is 8.24. The molecular weight excluding hydrogens is 268 g/mol. The van der Waals surface area contributed by atoms with E-state index in [0.717, 1.165) is 12.8 Å². The number of unbranched alkanes of at least 4 members (excludes halogenated alkanes) is 5. The van der Waals surface area contributed by atoms with Gasteiger partial charge in [0.25, 0.3) is 0 Å². The van der Waals surface area contributed by atoms with Crippen LogP contribution in [-0.4, -0.2) is 24.2 Å². The van der Waals surface area contributed by atoms with Gasteiger partial charge in [-0.1, -0.05) is 39.0 Å². The van der Waals surface area contributed by atoms with Crippen molar-refractivity contribution in [3.8, 4) is 5.88 Å². The highest BCUT2D eigenvalue weighted by Gasteiger charge is 2.15. The van der Waals surface area contributed by atoms with Gasteiger partial charge in [0, 0.05) is 6.20 Å². The summed E-state index contributed by atoms with van der Waals surface area (Å²) in [5.74, 6) is -0.129. The van der Waals surface area contributed by atoms with Gasteiger partial charge in [-0.2, -0.15) is 0 Å². The number of hydrogen-bond donors (Lipinski definition) is 1. The minimum Gasteiger partial charge on any atom is -0.476 e. The number of nitrogen functional groups attached to an aromatic ring is 1. The Bertz CT molecular complexity index is 436. The first-order valence-corrected chi connectivity index (χ1v) is 7.75. The fraction of sp³-hybridized carbons (Fsp3) is 0.625. The fourth-order valence-electron chi connectivity index (χ4n) is 2.01. The lowest BCUT2D eigenvalue weighted by Gasteiger charge is -2.10. The van der Waals surface area contributed by atoms with Gasteiger partial charge in [0.2, 0.25) is 5.88 Å². The van der Waals surface area contributed by atoms with Gasteiger partial charge < -0.3 is 15.2 Å². The normalized spacial score (nSPS) is 10.4. The van der Waals surface area contributed by atoms with E-state index in [1.807, 2.05) is 0 Å². The number of pyridine rings is 1. The van der Waals surface area contributed by atoms with Crippen LogP contribution in [0.4, 0.5) is 5.69 Å². The van der Waals surface area contributed by atoms with Crippen LogP contribution in [0, 0.1) is 0 Å². The van der Waals surface area contributed by atoms with Crippen LogP contribution in [0.3, 0.4) is 0 Å². The lowest BCUT2D eigenvalue weighted by atomic mass is 10.1. The number of aromatic nitrogens is 1. The molecule has 1 aromatic rings. The summed E-state index contributed by atoms with van der Waals surface area (Å²) in [6, 6.07) is 1.55. The SMILES string of the molecule is CCCCCCCCOc1nccc(C(=O)OCC)c1N. The fourth-order valence-corrected chi connectivity index (χ4v) is 2.01. The van der Waals surface area contributed by atoms with Crippen LogP contribution < -0.4 is 10.5 Å². The monoisotopic (exact) mass is 294 g/mol. The van der Waals surface area contributed by atoms with Gasteiger partial charge in [0.1, 0.15) is 5.69 Å². The molecule has 1 rings (SSSR count). The number of ether oxygens (including phenoxy) is 2. The van der Waals surface area contributed by atoms with Gasteiger partial charge in [0.05, 0.1) is 18.8 Å². The standard InChI is InChI=1S/C16H26N2O3/c1-3-5-6-7-8-9-12-21-15-14(17)13(10-11-18-15)16(19)20-4-2/h10-11H,3-9,12,17H2,1-2H3. The summed E-state index contributed by atoms with van der Waals surface area (Å²) in [5, 5.41) is 0. The quantitative estimate of drug-likeness (QED) is 0.527. The van der Waals surface area contributed by atoms with E-state index in [1.165, 1.54) is 31.9 Å². The predicted molar refractivity (Wildman–Crippen MR) is 83.5 cm³/mol. The Hall–Kier alpha value is -1.78. The van der Waals surface area contributed by atoms with E-state index in [-0.39, 0.29) is 5.69 Å². The molecule has 0 fully saturated rings. The minimum atomic E-state index is -0.443. The zero-order valence-corrected chi connectivity index (χ0v) is 13.1. The van der Waals surface area contributed by atoms with Gasteiger partial charge in [-0.3, -0.25) is 0 Å². The Morgan fingerprint density at radius 2 is 1.90 bits per heavy atom. The molecule has 0 aliphatic heterocycles. The molecule has 5 nitrogen and oxygen atoms in total. The number of hydrogen-bond acceptors (Lipinski definition) is 5. The average Bonchev–Trinajstić information content (AvgIpc) is 2.48. The molecule has 2 N–H and O–H groups in total. The third kappa shape index (κ3) is 6.02. The van der Waals surface area contributed by atoms with Crippen molar-refractivity contribution in [3.05, 3.63) is 17.8 Å². The van der Waals surface area contributed by atoms with E-state index in [1.54, 1.807) is 13.0 Å². The van der Waals surface area contributed by atoms with Gasteiger partial charge in [-0.25, -0.2) is 9.78 Å². The second-order valence-corrected chi connectivity index (χ2v) is 4.91. The largest absolute Gasteiger partial charge is 0.476 e. The van der Waals surface area contributed by atoms with Gasteiger partial charge >= 0.3 is 5.97 Å². The van der Waals surface area contributed by atoms with Crippen molar-refractivity contribution < 1.29 is 14.3 Å². The molecule has 0 spiro atoms. The van der Waals surface area contributed by atoms with E-state index in [4.69, 9.17) is 15.2 Å². The van der Waals surface area contributed by atoms with Crippen LogP contribution in [0.15, 0.2) is 12.3 Å². The average molecular weight is 294 g/mol. The molecule has 0 amide bonds. The minimum absolute atomic E-state index is 0.252. The van der Waals surface area contributed by atoms with Crippen LogP contribution in [0.2, 0.25) is 0 Å². The predicted octanol–water partition coefficient (Wildman–Crippen LogP) is 3.58. The summed E-state index contributed by atoms with van der Waals surface area (Å²) in [6.45, 7) is 4.84. The first kappa shape index (κ1) is 17.3. The number of rotatable bonds is 10. The number of carbonyl (C=O) groups is 1. The van der Waals surface area contributed by atoms with Gasteiger partial charge in [-0.15, -0.1) is 0 Å². The molecule has 0 aromatic carbocycles. The zero-order chi connectivity index (χ0) is 15.5. The van der Waals surface area contributed by atoms with Crippen LogP contribution in [0.25, 0.3) is 0 Å². The Morgan fingerprint density at radius 3 is 2.62 bits per heavy atom. The molecule has 118 valence electrons. The lowest BCUT2D eigenvalue weighted by Crippen LogP contribution is -2.10. The molecule has 0 unspecified atom stereocenters. The van der Waals surface area contributed by atoms with E-state index in [9.17, 15) is 4.79 Å². The van der Waals surface area contributed by atoms with Crippen molar-refractivity contribution in [1.29, 1.82) is 0 Å². The van der Waals surface area contributed by atoms with Gasteiger partial charge in [0.15, 0.2) is 0 Å². The summed E-state index contributed by atoms with van der Waals surface area (Å²) >= 11 is 0. The lowest BCUT2D eigenvalue weighted by molar-refractivity contribution is 0.0527. The highest BCUT2D eigenvalue weighted by atomic mass is 16.5. The summed E-state index contributed by atoms with van der Waals surface area (Å²) in [4.78, 5) is 15.8. The highest BCUT2D eigenvalue weighted by Crippen LogP contribution is 2.23. The third-order valence-corrected chi connectivity index (χ3v) is 3.19. The first-order valence-electron chi connectivity index (χ1n) is 7.75. The smallest absolute Gasteiger partial charge is 0.340 e.